The van der Waals surface area contributed by atoms with Crippen LogP contribution in [0.4, 0.5) is 0 Å². The van der Waals surface area contributed by atoms with Crippen LogP contribution in [0.25, 0.3) is 16.5 Å². The Morgan fingerprint density at radius 2 is 1.88 bits per heavy atom. The van der Waals surface area contributed by atoms with E-state index in [0.29, 0.717) is 0 Å². The molecule has 0 bridgehead atoms. The summed E-state index contributed by atoms with van der Waals surface area (Å²) in [5, 5.41) is 2.67. The molecule has 1 N–H and O–H groups in total. The van der Waals surface area contributed by atoms with Crippen molar-refractivity contribution < 1.29 is 4.84 Å². The van der Waals surface area contributed by atoms with Gasteiger partial charge in [-0.05, 0) is 55.1 Å². The molecule has 1 heterocycles. The topological polar surface area (TPSA) is 24.5 Å². The van der Waals surface area contributed by atoms with E-state index in [1.165, 1.54) is 54.3 Å². The molecule has 1 aliphatic carbocycles. The number of rotatable bonds is 6. The molecule has 0 saturated carbocycles. The number of allylic oxidation sites excluding steroid dienone is 1. The molecule has 0 amide bonds. The molecule has 0 aromatic heterocycles. The predicted octanol–water partition coefficient (Wildman–Crippen LogP) is 4.13. The summed E-state index contributed by atoms with van der Waals surface area (Å²) in [5.41, 5.74) is 6.99. The first-order chi connectivity index (χ1) is 11.9. The van der Waals surface area contributed by atoms with E-state index in [9.17, 15) is 0 Å². The molecule has 0 atom stereocenters. The van der Waals surface area contributed by atoms with E-state index in [2.05, 4.69) is 52.9 Å². The van der Waals surface area contributed by atoms with Gasteiger partial charge in [-0.1, -0.05) is 48.9 Å². The third-order valence-corrected chi connectivity index (χ3v) is 5.19. The zero-order chi connectivity index (χ0) is 16.2. The predicted molar refractivity (Wildman–Crippen MR) is 99.6 cm³/mol. The minimum Gasteiger partial charge on any atom is -0.303 e. The average Bonchev–Trinajstić information content (AvgIpc) is 3.06. The number of fused-ring (bicyclic) bond motifs is 3. The van der Waals surface area contributed by atoms with Crippen molar-refractivity contribution in [3.05, 3.63) is 53.6 Å². The highest BCUT2D eigenvalue weighted by atomic mass is 16.6. The van der Waals surface area contributed by atoms with Gasteiger partial charge in [0.05, 0.1) is 12.3 Å². The molecule has 1 saturated heterocycles. The fraction of sp³-hybridized carbons (Fsp3) is 0.429. The summed E-state index contributed by atoms with van der Waals surface area (Å²) in [6.45, 7) is 4.44. The van der Waals surface area contributed by atoms with Crippen LogP contribution >= 0.6 is 0 Å². The standard InChI is InChI=1S/C21H26N2O/c1-4-13-23(14-5-1)15-6-16-24-22-21-12-11-19-18-8-3-2-7-17(18)9-10-20(19)21/h2-3,7-10,12,22H,1,4-6,11,13-16H2. The van der Waals surface area contributed by atoms with Gasteiger partial charge in [0.15, 0.2) is 0 Å². The smallest absolute Gasteiger partial charge is 0.0758 e. The lowest BCUT2D eigenvalue weighted by molar-refractivity contribution is 0.0682. The normalized spacial score (nSPS) is 17.8. The van der Waals surface area contributed by atoms with Crippen LogP contribution in [0.3, 0.4) is 0 Å². The summed E-state index contributed by atoms with van der Waals surface area (Å²) in [6.07, 6.45) is 8.42. The van der Waals surface area contributed by atoms with Gasteiger partial charge in [0.25, 0.3) is 0 Å². The Labute approximate surface area is 144 Å². The molecule has 0 spiro atoms. The van der Waals surface area contributed by atoms with Gasteiger partial charge < -0.3 is 4.90 Å². The number of likely N-dealkylation sites (tertiary alicyclic amines) is 1. The van der Waals surface area contributed by atoms with Crippen LogP contribution in [0.5, 0.6) is 0 Å². The number of piperidine rings is 1. The van der Waals surface area contributed by atoms with Crippen LogP contribution in [-0.4, -0.2) is 31.1 Å². The lowest BCUT2D eigenvalue weighted by atomic mass is 10.00. The second-order valence-corrected chi connectivity index (χ2v) is 6.84. The molecule has 24 heavy (non-hydrogen) atoms. The zero-order valence-corrected chi connectivity index (χ0v) is 14.3. The molecule has 4 rings (SSSR count). The van der Waals surface area contributed by atoms with E-state index in [4.69, 9.17) is 4.84 Å². The minimum absolute atomic E-state index is 0.761. The molecular weight excluding hydrogens is 296 g/mol. The Hall–Kier alpha value is -1.84. The van der Waals surface area contributed by atoms with Crippen LogP contribution in [0.1, 0.15) is 36.8 Å². The average molecular weight is 322 g/mol. The van der Waals surface area contributed by atoms with Crippen LogP contribution in [0.15, 0.2) is 42.5 Å². The second-order valence-electron chi connectivity index (χ2n) is 6.84. The Morgan fingerprint density at radius 1 is 1.00 bits per heavy atom. The van der Waals surface area contributed by atoms with Gasteiger partial charge >= 0.3 is 0 Å². The van der Waals surface area contributed by atoms with Gasteiger partial charge in [0.2, 0.25) is 0 Å². The van der Waals surface area contributed by atoms with Crippen LogP contribution in [-0.2, 0) is 11.3 Å². The molecule has 3 nitrogen and oxygen atoms in total. The lowest BCUT2D eigenvalue weighted by Crippen LogP contribution is -2.31. The highest BCUT2D eigenvalue weighted by Crippen LogP contribution is 2.31. The van der Waals surface area contributed by atoms with Crippen molar-refractivity contribution in [3.63, 3.8) is 0 Å². The minimum atomic E-state index is 0.761. The SMILES string of the molecule is C1=C(NOCCCN2CCCCC2)c2ccc3ccccc3c2C1. The Bertz CT molecular complexity index is 732. The fourth-order valence-electron chi connectivity index (χ4n) is 3.89. The van der Waals surface area contributed by atoms with Crippen LogP contribution < -0.4 is 5.48 Å². The van der Waals surface area contributed by atoms with Gasteiger partial charge in [0.1, 0.15) is 0 Å². The molecule has 126 valence electrons. The van der Waals surface area contributed by atoms with Gasteiger partial charge in [-0.3, -0.25) is 10.3 Å². The zero-order valence-electron chi connectivity index (χ0n) is 14.3. The first-order valence-corrected chi connectivity index (χ1v) is 9.23. The summed E-state index contributed by atoms with van der Waals surface area (Å²) >= 11 is 0. The highest BCUT2D eigenvalue weighted by molar-refractivity contribution is 5.92. The highest BCUT2D eigenvalue weighted by Gasteiger charge is 2.16. The summed E-state index contributed by atoms with van der Waals surface area (Å²) in [5.74, 6) is 0. The van der Waals surface area contributed by atoms with Crippen molar-refractivity contribution >= 4 is 16.5 Å². The maximum atomic E-state index is 5.73. The summed E-state index contributed by atoms with van der Waals surface area (Å²) in [4.78, 5) is 8.29. The van der Waals surface area contributed by atoms with Crippen molar-refractivity contribution in [2.45, 2.75) is 32.1 Å². The van der Waals surface area contributed by atoms with Gasteiger partial charge in [-0.2, -0.15) is 0 Å². The Balaban J connectivity index is 1.29. The maximum absolute atomic E-state index is 5.73. The van der Waals surface area contributed by atoms with Crippen molar-refractivity contribution in [1.82, 2.24) is 10.4 Å². The van der Waals surface area contributed by atoms with Gasteiger partial charge in [0, 0.05) is 12.1 Å². The third kappa shape index (κ3) is 3.33. The lowest BCUT2D eigenvalue weighted by Gasteiger charge is -2.26. The van der Waals surface area contributed by atoms with Gasteiger partial charge in [-0.15, -0.1) is 0 Å². The monoisotopic (exact) mass is 322 g/mol. The number of hydrogen-bond donors (Lipinski definition) is 1. The molecule has 0 radical (unpaired) electrons. The van der Waals surface area contributed by atoms with Gasteiger partial charge in [-0.25, -0.2) is 0 Å². The molecule has 1 fully saturated rings. The molecular formula is C21H26N2O. The fourth-order valence-corrected chi connectivity index (χ4v) is 3.89. The van der Waals surface area contributed by atoms with Crippen molar-refractivity contribution in [1.29, 1.82) is 0 Å². The summed E-state index contributed by atoms with van der Waals surface area (Å²) < 4.78 is 0. The molecule has 2 aliphatic rings. The van der Waals surface area contributed by atoms with Crippen LogP contribution in [0.2, 0.25) is 0 Å². The first kappa shape index (κ1) is 15.7. The van der Waals surface area contributed by atoms with E-state index in [1.54, 1.807) is 0 Å². The second kappa shape index (κ2) is 7.37. The summed E-state index contributed by atoms with van der Waals surface area (Å²) in [6, 6.07) is 13.0. The molecule has 0 unspecified atom stereocenters. The largest absolute Gasteiger partial charge is 0.303 e. The van der Waals surface area contributed by atoms with E-state index < -0.39 is 0 Å². The molecule has 2 aromatic rings. The van der Waals surface area contributed by atoms with Crippen LogP contribution in [0, 0.1) is 0 Å². The molecule has 2 aromatic carbocycles. The van der Waals surface area contributed by atoms with Crippen molar-refractivity contribution in [2.75, 3.05) is 26.2 Å². The number of hydrogen-bond acceptors (Lipinski definition) is 3. The Kier molecular flexibility index (Phi) is 4.81. The molecule has 1 aliphatic heterocycles. The number of nitrogens with one attached hydrogen (secondary N) is 1. The van der Waals surface area contributed by atoms with Crippen molar-refractivity contribution in [2.24, 2.45) is 0 Å². The quantitative estimate of drug-likeness (QED) is 0.639. The first-order valence-electron chi connectivity index (χ1n) is 9.23. The Morgan fingerprint density at radius 3 is 2.79 bits per heavy atom. The summed E-state index contributed by atoms with van der Waals surface area (Å²) in [7, 11) is 0. The number of benzene rings is 2. The number of nitrogens with zero attached hydrogens (tertiary/aromatic N) is 1. The van der Waals surface area contributed by atoms with E-state index in [1.807, 2.05) is 0 Å². The van der Waals surface area contributed by atoms with Crippen molar-refractivity contribution in [3.8, 4) is 0 Å². The number of hydroxylamine groups is 1. The van der Waals surface area contributed by atoms with E-state index in [-0.39, 0.29) is 0 Å². The van der Waals surface area contributed by atoms with E-state index >= 15 is 0 Å². The maximum Gasteiger partial charge on any atom is 0.0758 e. The third-order valence-electron chi connectivity index (χ3n) is 5.19. The molecule has 3 heteroatoms. The van der Waals surface area contributed by atoms with E-state index in [0.717, 1.165) is 31.7 Å².